The lowest BCUT2D eigenvalue weighted by Gasteiger charge is -1.94. The summed E-state index contributed by atoms with van der Waals surface area (Å²) in [5.74, 6) is 0. The van der Waals surface area contributed by atoms with E-state index in [1.807, 2.05) is 12.2 Å². The molecule has 0 radical (unpaired) electrons. The lowest BCUT2D eigenvalue weighted by atomic mass is 10.1. The van der Waals surface area contributed by atoms with E-state index in [2.05, 4.69) is 19.1 Å². The van der Waals surface area contributed by atoms with Gasteiger partial charge in [0.15, 0.2) is 0 Å². The Morgan fingerprint density at radius 3 is 3.18 bits per heavy atom. The summed E-state index contributed by atoms with van der Waals surface area (Å²) in [5, 5.41) is 0. The predicted octanol–water partition coefficient (Wildman–Crippen LogP) is 2.41. The third-order valence-corrected chi connectivity index (χ3v) is 1.72. The molecule has 0 bridgehead atoms. The van der Waals surface area contributed by atoms with Crippen molar-refractivity contribution in [2.24, 2.45) is 0 Å². The van der Waals surface area contributed by atoms with Crippen LogP contribution in [-0.4, -0.2) is 6.29 Å². The summed E-state index contributed by atoms with van der Waals surface area (Å²) in [5.41, 5.74) is 2.45. The number of hydrogen-bond acceptors (Lipinski definition) is 1. The summed E-state index contributed by atoms with van der Waals surface area (Å²) in [6.45, 7) is 2.06. The molecule has 0 saturated carbocycles. The summed E-state index contributed by atoms with van der Waals surface area (Å²) in [6, 6.07) is 0. The first kappa shape index (κ1) is 7.99. The molecule has 0 aromatic heterocycles. The highest BCUT2D eigenvalue weighted by atomic mass is 16.1. The van der Waals surface area contributed by atoms with Gasteiger partial charge in [0.2, 0.25) is 0 Å². The lowest BCUT2D eigenvalue weighted by Crippen LogP contribution is -1.81. The van der Waals surface area contributed by atoms with E-state index >= 15 is 0 Å². The van der Waals surface area contributed by atoms with Crippen LogP contribution in [0.25, 0.3) is 0 Å². The molecular formula is C10H12O. The topological polar surface area (TPSA) is 17.1 Å². The van der Waals surface area contributed by atoms with E-state index in [4.69, 9.17) is 0 Å². The molecule has 1 rings (SSSR count). The molecule has 0 aliphatic heterocycles. The highest BCUT2D eigenvalue weighted by Gasteiger charge is 1.95. The number of hydrogen-bond donors (Lipinski definition) is 0. The van der Waals surface area contributed by atoms with Crippen molar-refractivity contribution in [3.8, 4) is 0 Å². The van der Waals surface area contributed by atoms with E-state index in [1.165, 1.54) is 11.1 Å². The molecule has 1 aliphatic rings. The first-order valence-corrected chi connectivity index (χ1v) is 3.79. The van der Waals surface area contributed by atoms with Gasteiger partial charge >= 0.3 is 0 Å². The molecule has 11 heavy (non-hydrogen) atoms. The third-order valence-electron chi connectivity index (χ3n) is 1.72. The monoisotopic (exact) mass is 148 g/mol. The minimum atomic E-state index is 0.564. The van der Waals surface area contributed by atoms with Crippen molar-refractivity contribution in [2.45, 2.75) is 19.8 Å². The maximum absolute atomic E-state index is 10.2. The van der Waals surface area contributed by atoms with E-state index in [-0.39, 0.29) is 0 Å². The summed E-state index contributed by atoms with van der Waals surface area (Å²) in [6.07, 6.45) is 10.6. The second-order valence-corrected chi connectivity index (χ2v) is 2.71. The van der Waals surface area contributed by atoms with Crippen LogP contribution in [0.5, 0.6) is 0 Å². The molecule has 1 nitrogen and oxygen atoms in total. The molecular weight excluding hydrogens is 136 g/mol. The van der Waals surface area contributed by atoms with Gasteiger partial charge in [-0.2, -0.15) is 0 Å². The molecule has 0 amide bonds. The summed E-state index contributed by atoms with van der Waals surface area (Å²) < 4.78 is 0. The van der Waals surface area contributed by atoms with Gasteiger partial charge in [-0.25, -0.2) is 0 Å². The fourth-order valence-electron chi connectivity index (χ4n) is 1.02. The number of carbonyl (C=O) groups excluding carboxylic acids is 1. The van der Waals surface area contributed by atoms with Crippen LogP contribution >= 0.6 is 0 Å². The minimum Gasteiger partial charge on any atom is -0.303 e. The van der Waals surface area contributed by atoms with Crippen molar-refractivity contribution in [1.82, 2.24) is 0 Å². The molecule has 0 spiro atoms. The zero-order valence-corrected chi connectivity index (χ0v) is 6.71. The van der Waals surface area contributed by atoms with Crippen molar-refractivity contribution < 1.29 is 4.79 Å². The second kappa shape index (κ2) is 3.91. The normalized spacial score (nSPS) is 16.8. The zero-order chi connectivity index (χ0) is 8.10. The molecule has 0 heterocycles. The maximum atomic E-state index is 10.2. The van der Waals surface area contributed by atoms with Crippen LogP contribution in [0.1, 0.15) is 19.8 Å². The predicted molar refractivity (Wildman–Crippen MR) is 46.3 cm³/mol. The van der Waals surface area contributed by atoms with Crippen LogP contribution in [0.4, 0.5) is 0 Å². The minimum absolute atomic E-state index is 0.564. The van der Waals surface area contributed by atoms with Gasteiger partial charge < -0.3 is 4.79 Å². The quantitative estimate of drug-likeness (QED) is 0.549. The van der Waals surface area contributed by atoms with Gasteiger partial charge in [0.1, 0.15) is 6.29 Å². The van der Waals surface area contributed by atoms with Crippen molar-refractivity contribution in [1.29, 1.82) is 0 Å². The van der Waals surface area contributed by atoms with E-state index in [9.17, 15) is 4.79 Å². The fourth-order valence-corrected chi connectivity index (χ4v) is 1.02. The largest absolute Gasteiger partial charge is 0.303 e. The molecule has 1 aliphatic carbocycles. The van der Waals surface area contributed by atoms with E-state index in [0.717, 1.165) is 12.7 Å². The van der Waals surface area contributed by atoms with Gasteiger partial charge in [-0.1, -0.05) is 35.5 Å². The van der Waals surface area contributed by atoms with Gasteiger partial charge in [0.05, 0.1) is 0 Å². The van der Waals surface area contributed by atoms with Gasteiger partial charge in [-0.15, -0.1) is 0 Å². The van der Waals surface area contributed by atoms with Crippen molar-refractivity contribution in [3.05, 3.63) is 35.5 Å². The van der Waals surface area contributed by atoms with Crippen LogP contribution in [0.15, 0.2) is 35.5 Å². The fraction of sp³-hybridized carbons (Fsp3) is 0.300. The Kier molecular flexibility index (Phi) is 2.84. The van der Waals surface area contributed by atoms with Gasteiger partial charge in [0, 0.05) is 6.42 Å². The van der Waals surface area contributed by atoms with E-state index in [1.54, 1.807) is 0 Å². The van der Waals surface area contributed by atoms with Gasteiger partial charge in [-0.3, -0.25) is 0 Å². The molecule has 0 atom stereocenters. The molecule has 58 valence electrons. The van der Waals surface area contributed by atoms with E-state index in [0.29, 0.717) is 6.42 Å². The first-order chi connectivity index (χ1) is 5.33. The van der Waals surface area contributed by atoms with Crippen molar-refractivity contribution in [2.75, 3.05) is 0 Å². The van der Waals surface area contributed by atoms with Crippen LogP contribution < -0.4 is 0 Å². The Hall–Kier alpha value is -1.11. The number of rotatable bonds is 2. The smallest absolute Gasteiger partial charge is 0.124 e. The van der Waals surface area contributed by atoms with Gasteiger partial charge in [-0.05, 0) is 13.3 Å². The molecule has 0 aromatic carbocycles. The first-order valence-electron chi connectivity index (χ1n) is 3.79. The molecule has 1 heteroatoms. The molecule has 0 saturated heterocycles. The summed E-state index contributed by atoms with van der Waals surface area (Å²) in [7, 11) is 0. The second-order valence-electron chi connectivity index (χ2n) is 2.71. The highest BCUT2D eigenvalue weighted by molar-refractivity contribution is 5.55. The molecule has 0 N–H and O–H groups in total. The molecule has 0 fully saturated rings. The summed E-state index contributed by atoms with van der Waals surface area (Å²) >= 11 is 0. The number of carbonyl (C=O) groups is 1. The van der Waals surface area contributed by atoms with Crippen LogP contribution in [-0.2, 0) is 4.79 Å². The van der Waals surface area contributed by atoms with Gasteiger partial charge in [0.25, 0.3) is 0 Å². The highest BCUT2D eigenvalue weighted by Crippen LogP contribution is 2.12. The standard InChI is InChI=1S/C10H12O/c1-9-3-2-4-10(6-5-9)7-8-11/h2-5,8H,6-7H2,1H3. The Labute approximate surface area is 67.1 Å². The van der Waals surface area contributed by atoms with E-state index < -0.39 is 0 Å². The average Bonchev–Trinajstić information content (AvgIpc) is 2.17. The number of aldehydes is 1. The maximum Gasteiger partial charge on any atom is 0.124 e. The van der Waals surface area contributed by atoms with Crippen LogP contribution in [0.3, 0.4) is 0 Å². The third kappa shape index (κ3) is 2.54. The SMILES string of the molecule is CC1=CCC(CC=O)=CC=C1. The Balaban J connectivity index is 2.65. The summed E-state index contributed by atoms with van der Waals surface area (Å²) in [4.78, 5) is 10.2. The lowest BCUT2D eigenvalue weighted by molar-refractivity contribution is -0.107. The average molecular weight is 148 g/mol. The van der Waals surface area contributed by atoms with Crippen molar-refractivity contribution >= 4 is 6.29 Å². The zero-order valence-electron chi connectivity index (χ0n) is 6.71. The molecule has 0 unspecified atom stereocenters. The van der Waals surface area contributed by atoms with Crippen LogP contribution in [0.2, 0.25) is 0 Å². The Morgan fingerprint density at radius 2 is 2.45 bits per heavy atom. The Morgan fingerprint density at radius 1 is 1.64 bits per heavy atom. The molecule has 0 aromatic rings. The van der Waals surface area contributed by atoms with Crippen molar-refractivity contribution in [3.63, 3.8) is 0 Å². The Bertz CT molecular complexity index is 229. The van der Waals surface area contributed by atoms with Crippen LogP contribution in [0, 0.1) is 0 Å². The number of allylic oxidation sites excluding steroid dienone is 6.